The summed E-state index contributed by atoms with van der Waals surface area (Å²) in [4.78, 5) is 0.0705. The Morgan fingerprint density at radius 2 is 1.80 bits per heavy atom. The molecule has 0 unspecified atom stereocenters. The summed E-state index contributed by atoms with van der Waals surface area (Å²) in [5, 5.41) is -0.153. The quantitative estimate of drug-likeness (QED) is 0.741. The number of rotatable bonds is 3. The van der Waals surface area contributed by atoms with Crippen molar-refractivity contribution >= 4 is 59.2 Å². The molecule has 0 aliphatic rings. The monoisotopic (exact) mass is 441 g/mol. The van der Waals surface area contributed by atoms with E-state index in [0.717, 1.165) is 10.5 Å². The molecular weight excluding hydrogens is 436 g/mol. The molecule has 106 valence electrons. The normalized spacial score (nSPS) is 11.4. The lowest BCUT2D eigenvalue weighted by atomic mass is 10.3. The minimum absolute atomic E-state index is 0.0705. The average Bonchev–Trinajstić information content (AvgIpc) is 2.33. The Kier molecular flexibility index (Phi) is 4.73. The van der Waals surface area contributed by atoms with Gasteiger partial charge < -0.3 is 0 Å². The number of nitrogens with one attached hydrogen (secondary N) is 1. The molecule has 0 aromatic heterocycles. The average molecular weight is 444 g/mol. The second kappa shape index (κ2) is 6.01. The van der Waals surface area contributed by atoms with Crippen LogP contribution in [-0.2, 0) is 10.0 Å². The van der Waals surface area contributed by atoms with E-state index in [9.17, 15) is 12.8 Å². The number of benzene rings is 2. The van der Waals surface area contributed by atoms with Crippen molar-refractivity contribution in [1.29, 1.82) is 0 Å². The van der Waals surface area contributed by atoms with E-state index in [0.29, 0.717) is 4.47 Å². The molecule has 2 aromatic rings. The third kappa shape index (κ3) is 3.52. The van der Waals surface area contributed by atoms with Crippen LogP contribution in [-0.4, -0.2) is 8.42 Å². The van der Waals surface area contributed by atoms with Gasteiger partial charge >= 0.3 is 0 Å². The van der Waals surface area contributed by atoms with Crippen LogP contribution < -0.4 is 4.72 Å². The summed E-state index contributed by atoms with van der Waals surface area (Å²) in [5.41, 5.74) is 0.186. The Morgan fingerprint density at radius 3 is 2.40 bits per heavy atom. The zero-order valence-electron chi connectivity index (χ0n) is 9.70. The van der Waals surface area contributed by atoms with Gasteiger partial charge in [0.2, 0.25) is 0 Å². The van der Waals surface area contributed by atoms with E-state index in [4.69, 9.17) is 11.6 Å². The smallest absolute Gasteiger partial charge is 0.263 e. The van der Waals surface area contributed by atoms with E-state index in [1.165, 1.54) is 18.2 Å². The van der Waals surface area contributed by atoms with Crippen LogP contribution >= 0.6 is 43.5 Å². The first-order valence-corrected chi connectivity index (χ1v) is 8.67. The summed E-state index contributed by atoms with van der Waals surface area (Å²) in [6.45, 7) is 0. The zero-order chi connectivity index (χ0) is 14.9. The Bertz CT molecular complexity index is 768. The lowest BCUT2D eigenvalue weighted by Gasteiger charge is -2.10. The van der Waals surface area contributed by atoms with Crippen molar-refractivity contribution in [3.05, 3.63) is 56.2 Å². The number of halogens is 4. The van der Waals surface area contributed by atoms with Crippen molar-refractivity contribution in [1.82, 2.24) is 0 Å². The molecule has 0 aliphatic carbocycles. The maximum atomic E-state index is 13.0. The SMILES string of the molecule is O=S(=O)(Nc1ccc(F)c(Cl)c1)c1ccc(Br)cc1Br. The topological polar surface area (TPSA) is 46.2 Å². The Balaban J connectivity index is 2.38. The van der Waals surface area contributed by atoms with E-state index in [1.807, 2.05) is 0 Å². The van der Waals surface area contributed by atoms with E-state index in [1.54, 1.807) is 12.1 Å². The van der Waals surface area contributed by atoms with Gasteiger partial charge in [0, 0.05) is 8.95 Å². The van der Waals surface area contributed by atoms with Gasteiger partial charge in [0.15, 0.2) is 0 Å². The fourth-order valence-corrected chi connectivity index (χ4v) is 4.44. The highest BCUT2D eigenvalue weighted by atomic mass is 79.9. The van der Waals surface area contributed by atoms with Gasteiger partial charge in [-0.15, -0.1) is 0 Å². The Labute approximate surface area is 137 Å². The summed E-state index contributed by atoms with van der Waals surface area (Å²) < 4.78 is 41.0. The van der Waals surface area contributed by atoms with Gasteiger partial charge in [0.05, 0.1) is 10.7 Å². The zero-order valence-corrected chi connectivity index (χ0v) is 14.4. The predicted octanol–water partition coefficient (Wildman–Crippen LogP) is 4.80. The van der Waals surface area contributed by atoms with Gasteiger partial charge in [-0.3, -0.25) is 4.72 Å². The van der Waals surface area contributed by atoms with Crippen LogP contribution in [0.4, 0.5) is 10.1 Å². The molecule has 0 aliphatic heterocycles. The number of hydrogen-bond acceptors (Lipinski definition) is 2. The first-order chi connectivity index (χ1) is 9.29. The third-order valence-electron chi connectivity index (χ3n) is 2.36. The Morgan fingerprint density at radius 1 is 1.10 bits per heavy atom. The molecule has 0 bridgehead atoms. The Hall–Kier alpha value is -0.630. The fraction of sp³-hybridized carbons (Fsp3) is 0. The summed E-state index contributed by atoms with van der Waals surface area (Å²) in [5.74, 6) is -0.612. The molecular formula is C12H7Br2ClFNO2S. The number of hydrogen-bond donors (Lipinski definition) is 1. The summed E-state index contributed by atoms with van der Waals surface area (Å²) >= 11 is 12.0. The van der Waals surface area contributed by atoms with Gasteiger partial charge in [-0.05, 0) is 52.3 Å². The molecule has 0 spiro atoms. The molecule has 2 rings (SSSR count). The molecule has 0 heterocycles. The first-order valence-electron chi connectivity index (χ1n) is 5.22. The third-order valence-corrected chi connectivity index (χ3v) is 5.50. The number of sulfonamides is 1. The minimum atomic E-state index is -3.79. The first kappa shape index (κ1) is 15.8. The highest BCUT2D eigenvalue weighted by Gasteiger charge is 2.18. The molecule has 20 heavy (non-hydrogen) atoms. The lowest BCUT2D eigenvalue weighted by Crippen LogP contribution is -2.13. The van der Waals surface area contributed by atoms with Crippen molar-refractivity contribution in [2.75, 3.05) is 4.72 Å². The second-order valence-electron chi connectivity index (χ2n) is 3.81. The van der Waals surface area contributed by atoms with Crippen LogP contribution in [0.5, 0.6) is 0 Å². The maximum absolute atomic E-state index is 13.0. The molecule has 1 N–H and O–H groups in total. The van der Waals surface area contributed by atoms with Crippen molar-refractivity contribution in [3.8, 4) is 0 Å². The second-order valence-corrected chi connectivity index (χ2v) is 7.64. The summed E-state index contributed by atoms with van der Waals surface area (Å²) in [6, 6.07) is 8.27. The molecule has 0 saturated heterocycles. The highest BCUT2D eigenvalue weighted by Crippen LogP contribution is 2.28. The van der Waals surface area contributed by atoms with Gasteiger partial charge in [-0.2, -0.15) is 0 Å². The lowest BCUT2D eigenvalue weighted by molar-refractivity contribution is 0.600. The van der Waals surface area contributed by atoms with E-state index >= 15 is 0 Å². The largest absolute Gasteiger partial charge is 0.280 e. The molecule has 2 aromatic carbocycles. The summed E-state index contributed by atoms with van der Waals surface area (Å²) in [6.07, 6.45) is 0. The fourth-order valence-electron chi connectivity index (χ4n) is 1.46. The van der Waals surface area contributed by atoms with E-state index in [-0.39, 0.29) is 15.6 Å². The van der Waals surface area contributed by atoms with Crippen LogP contribution in [0.25, 0.3) is 0 Å². The van der Waals surface area contributed by atoms with Crippen LogP contribution in [0, 0.1) is 5.82 Å². The van der Waals surface area contributed by atoms with Crippen LogP contribution in [0.2, 0.25) is 5.02 Å². The minimum Gasteiger partial charge on any atom is -0.280 e. The van der Waals surface area contributed by atoms with Crippen LogP contribution in [0.1, 0.15) is 0 Å². The van der Waals surface area contributed by atoms with Crippen molar-refractivity contribution < 1.29 is 12.8 Å². The molecule has 0 saturated carbocycles. The molecule has 3 nitrogen and oxygen atoms in total. The van der Waals surface area contributed by atoms with E-state index in [2.05, 4.69) is 36.6 Å². The van der Waals surface area contributed by atoms with Crippen molar-refractivity contribution in [2.45, 2.75) is 4.90 Å². The van der Waals surface area contributed by atoms with Gasteiger partial charge in [-0.1, -0.05) is 27.5 Å². The van der Waals surface area contributed by atoms with E-state index < -0.39 is 15.8 Å². The molecule has 8 heteroatoms. The standard InChI is InChI=1S/C12H7Br2ClFNO2S/c13-7-1-4-12(9(14)5-7)20(18,19)17-8-2-3-11(16)10(15)6-8/h1-6,17H. The molecule has 0 fully saturated rings. The van der Waals surface area contributed by atoms with Crippen LogP contribution in [0.15, 0.2) is 50.2 Å². The molecule has 0 radical (unpaired) electrons. The summed E-state index contributed by atoms with van der Waals surface area (Å²) in [7, 11) is -3.79. The highest BCUT2D eigenvalue weighted by molar-refractivity contribution is 9.11. The molecule has 0 atom stereocenters. The van der Waals surface area contributed by atoms with Crippen molar-refractivity contribution in [2.24, 2.45) is 0 Å². The van der Waals surface area contributed by atoms with Gasteiger partial charge in [-0.25, -0.2) is 12.8 Å². The number of anilines is 1. The van der Waals surface area contributed by atoms with Gasteiger partial charge in [0.25, 0.3) is 10.0 Å². The van der Waals surface area contributed by atoms with Crippen molar-refractivity contribution in [3.63, 3.8) is 0 Å². The van der Waals surface area contributed by atoms with Crippen LogP contribution in [0.3, 0.4) is 0 Å². The molecule has 0 amide bonds. The maximum Gasteiger partial charge on any atom is 0.263 e. The van der Waals surface area contributed by atoms with Gasteiger partial charge in [0.1, 0.15) is 10.7 Å². The predicted molar refractivity (Wildman–Crippen MR) is 84.1 cm³/mol.